The summed E-state index contributed by atoms with van der Waals surface area (Å²) in [5.41, 5.74) is 0.424. The Balaban J connectivity index is 0. The van der Waals surface area contributed by atoms with Crippen LogP contribution in [0.1, 0.15) is 42.0 Å². The van der Waals surface area contributed by atoms with Crippen LogP contribution >= 0.6 is 0 Å². The van der Waals surface area contributed by atoms with E-state index < -0.39 is 37.1 Å². The first-order valence-electron chi connectivity index (χ1n) is 6.63. The number of carbonyl (C=O) groups is 4. The van der Waals surface area contributed by atoms with Crippen LogP contribution in [0.15, 0.2) is 24.3 Å². The van der Waals surface area contributed by atoms with Gasteiger partial charge in [-0.25, -0.2) is 9.59 Å². The van der Waals surface area contributed by atoms with Gasteiger partial charge in [-0.2, -0.15) is 0 Å². The van der Waals surface area contributed by atoms with Crippen molar-refractivity contribution in [2.24, 2.45) is 0 Å². The van der Waals surface area contributed by atoms with Gasteiger partial charge in [0.1, 0.15) is 6.42 Å². The van der Waals surface area contributed by atoms with Crippen LogP contribution in [-0.2, 0) is 33.3 Å². The molecule has 26 heavy (non-hydrogen) atoms. The van der Waals surface area contributed by atoms with E-state index in [9.17, 15) is 19.2 Å². The summed E-state index contributed by atoms with van der Waals surface area (Å²) in [5.74, 6) is -3.04. The second-order valence-electron chi connectivity index (χ2n) is 4.23. The van der Waals surface area contributed by atoms with Crippen molar-refractivity contribution in [3.05, 3.63) is 35.4 Å². The van der Waals surface area contributed by atoms with Crippen molar-refractivity contribution in [1.82, 2.24) is 0 Å². The molecule has 0 unspecified atom stereocenters. The fourth-order valence-electron chi connectivity index (χ4n) is 1.44. The molecule has 0 aliphatic carbocycles. The lowest BCUT2D eigenvalue weighted by molar-refractivity contribution is -0.164. The maximum Gasteiger partial charge on any atom is 0.340 e. The van der Waals surface area contributed by atoms with Crippen molar-refractivity contribution in [2.45, 2.75) is 21.3 Å². The fraction of sp³-hybridized carbons (Fsp3) is 0.412. The predicted octanol–water partition coefficient (Wildman–Crippen LogP) is 1.94. The molecule has 0 amide bonds. The van der Waals surface area contributed by atoms with Gasteiger partial charge in [0.15, 0.2) is 6.79 Å². The summed E-state index contributed by atoms with van der Waals surface area (Å²) >= 11 is 0. The first kappa shape index (κ1) is 25.3. The minimum atomic E-state index is -0.912. The second-order valence-corrected chi connectivity index (χ2v) is 4.23. The maximum atomic E-state index is 11.7. The molecule has 9 nitrogen and oxygen atoms in total. The van der Waals surface area contributed by atoms with Crippen molar-refractivity contribution in [3.63, 3.8) is 0 Å². The topological polar surface area (TPSA) is 114 Å². The minimum absolute atomic E-state index is 0. The van der Waals surface area contributed by atoms with Crippen molar-refractivity contribution in [3.8, 4) is 0 Å². The molecule has 0 aliphatic heterocycles. The number of hydrogen-bond acceptors (Lipinski definition) is 9. The van der Waals surface area contributed by atoms with Crippen LogP contribution < -0.4 is 0 Å². The van der Waals surface area contributed by atoms with Crippen LogP contribution in [-0.4, -0.2) is 51.7 Å². The van der Waals surface area contributed by atoms with Crippen molar-refractivity contribution < 1.29 is 42.9 Å². The van der Waals surface area contributed by atoms with E-state index in [2.05, 4.69) is 18.9 Å². The van der Waals surface area contributed by atoms with Gasteiger partial charge in [-0.05, 0) is 24.3 Å². The molecule has 1 aromatic rings. The first-order chi connectivity index (χ1) is 11.5. The Morgan fingerprint density at radius 2 is 1.19 bits per heavy atom. The van der Waals surface area contributed by atoms with Gasteiger partial charge in [0.05, 0.1) is 18.2 Å². The molecule has 0 fully saturated rings. The number of carbonyl (C=O) groups excluding carboxylic acids is 4. The Bertz CT molecular complexity index is 593. The van der Waals surface area contributed by atoms with Crippen LogP contribution in [0.3, 0.4) is 0 Å². The van der Waals surface area contributed by atoms with Crippen molar-refractivity contribution in [2.75, 3.05) is 27.8 Å². The Morgan fingerprint density at radius 3 is 1.65 bits per heavy atom. The Kier molecular flexibility index (Phi) is 13.0. The average Bonchev–Trinajstić information content (AvgIpc) is 2.59. The zero-order valence-corrected chi connectivity index (χ0v) is 13.1. The minimum Gasteiger partial charge on any atom is -0.465 e. The summed E-state index contributed by atoms with van der Waals surface area (Å²) in [6, 6.07) is 5.50. The van der Waals surface area contributed by atoms with E-state index in [1.165, 1.54) is 38.5 Å². The third-order valence-electron chi connectivity index (χ3n) is 2.58. The SMILES string of the molecule is C.C.COCOC(=O)CC(=O)OCOC(=O)c1ccc(C(=O)OC)cc1. The number of hydrogen-bond donors (Lipinski definition) is 0. The van der Waals surface area contributed by atoms with Crippen molar-refractivity contribution in [1.29, 1.82) is 0 Å². The fourth-order valence-corrected chi connectivity index (χ4v) is 1.44. The van der Waals surface area contributed by atoms with Gasteiger partial charge in [-0.15, -0.1) is 0 Å². The molecule has 1 rings (SSSR count). The van der Waals surface area contributed by atoms with Crippen LogP contribution in [0.5, 0.6) is 0 Å². The highest BCUT2D eigenvalue weighted by molar-refractivity contribution is 5.93. The average molecular weight is 372 g/mol. The number of methoxy groups -OCH3 is 2. The molecule has 0 spiro atoms. The molecule has 146 valence electrons. The second kappa shape index (κ2) is 13.4. The van der Waals surface area contributed by atoms with Crippen LogP contribution in [0, 0.1) is 0 Å². The quantitative estimate of drug-likeness (QED) is 0.292. The highest BCUT2D eigenvalue weighted by Gasteiger charge is 2.14. The Morgan fingerprint density at radius 1 is 0.731 bits per heavy atom. The van der Waals surface area contributed by atoms with Gasteiger partial charge in [0, 0.05) is 7.11 Å². The molecule has 1 aromatic carbocycles. The van der Waals surface area contributed by atoms with E-state index in [1.54, 1.807) is 0 Å². The Labute approximate surface area is 152 Å². The normalized spacial score (nSPS) is 9.00. The number of rotatable bonds is 8. The molecule has 9 heteroatoms. The lowest BCUT2D eigenvalue weighted by atomic mass is 10.1. The summed E-state index contributed by atoms with van der Waals surface area (Å²) in [6.07, 6.45) is -0.630. The molecular weight excluding hydrogens is 348 g/mol. The van der Waals surface area contributed by atoms with Gasteiger partial charge >= 0.3 is 23.9 Å². The van der Waals surface area contributed by atoms with Gasteiger partial charge in [0.2, 0.25) is 6.79 Å². The molecule has 0 aliphatic rings. The molecule has 0 N–H and O–H groups in total. The van der Waals surface area contributed by atoms with E-state index in [1.807, 2.05) is 0 Å². The van der Waals surface area contributed by atoms with Gasteiger partial charge < -0.3 is 23.7 Å². The molecule has 0 bridgehead atoms. The van der Waals surface area contributed by atoms with E-state index in [4.69, 9.17) is 4.74 Å². The van der Waals surface area contributed by atoms with Crippen LogP contribution in [0.4, 0.5) is 0 Å². The molecule has 0 saturated heterocycles. The largest absolute Gasteiger partial charge is 0.465 e. The van der Waals surface area contributed by atoms with Crippen molar-refractivity contribution >= 4 is 23.9 Å². The number of benzene rings is 1. The summed E-state index contributed by atoms with van der Waals surface area (Å²) in [4.78, 5) is 45.3. The number of esters is 4. The third kappa shape index (κ3) is 8.78. The van der Waals surface area contributed by atoms with Gasteiger partial charge in [0.25, 0.3) is 0 Å². The summed E-state index contributed by atoms with van der Waals surface area (Å²) in [6.45, 7) is -0.934. The molecular formula is C17H24O9. The maximum absolute atomic E-state index is 11.7. The highest BCUT2D eigenvalue weighted by Crippen LogP contribution is 2.07. The molecule has 0 radical (unpaired) electrons. The van der Waals surface area contributed by atoms with Crippen LogP contribution in [0.2, 0.25) is 0 Å². The standard InChI is InChI=1S/C15H16O9.2CH4/c1-20-8-22-12(16)7-13(17)23-9-24-15(19)11-5-3-10(4-6-11)14(18)21-2;;/h3-6H,7-9H2,1-2H3;2*1H4. The van der Waals surface area contributed by atoms with E-state index >= 15 is 0 Å². The van der Waals surface area contributed by atoms with Crippen LogP contribution in [0.25, 0.3) is 0 Å². The first-order valence-corrected chi connectivity index (χ1v) is 6.63. The van der Waals surface area contributed by atoms with Gasteiger partial charge in [-0.1, -0.05) is 14.9 Å². The molecule has 0 atom stereocenters. The smallest absolute Gasteiger partial charge is 0.340 e. The van der Waals surface area contributed by atoms with E-state index in [0.717, 1.165) is 0 Å². The van der Waals surface area contributed by atoms with E-state index in [-0.39, 0.29) is 32.8 Å². The highest BCUT2D eigenvalue weighted by atomic mass is 16.7. The zero-order valence-electron chi connectivity index (χ0n) is 13.1. The lowest BCUT2D eigenvalue weighted by Gasteiger charge is -2.07. The van der Waals surface area contributed by atoms with E-state index in [0.29, 0.717) is 0 Å². The monoisotopic (exact) mass is 372 g/mol. The molecule has 0 heterocycles. The summed E-state index contributed by atoms with van der Waals surface area (Å²) < 4.78 is 22.8. The predicted molar refractivity (Wildman–Crippen MR) is 90.2 cm³/mol. The zero-order chi connectivity index (χ0) is 17.9. The number of ether oxygens (including phenoxy) is 5. The van der Waals surface area contributed by atoms with Gasteiger partial charge in [-0.3, -0.25) is 9.59 Å². The molecule has 0 saturated carbocycles. The lowest BCUT2D eigenvalue weighted by Crippen LogP contribution is -2.17. The molecule has 0 aromatic heterocycles. The third-order valence-corrected chi connectivity index (χ3v) is 2.58. The summed E-state index contributed by atoms with van der Waals surface area (Å²) in [5, 5.41) is 0. The Hall–Kier alpha value is -2.94. The summed E-state index contributed by atoms with van der Waals surface area (Å²) in [7, 11) is 2.56.